The van der Waals surface area contributed by atoms with Crippen molar-refractivity contribution < 1.29 is 14.4 Å². The van der Waals surface area contributed by atoms with Crippen LogP contribution in [-0.4, -0.2) is 17.9 Å². The molecule has 0 aromatic heterocycles. The Hall–Kier alpha value is -3.95. The number of carbonyl (C=O) groups is 2. The van der Waals surface area contributed by atoms with E-state index in [1.54, 1.807) is 41.5 Å². The minimum atomic E-state index is -0.904. The molecule has 2 aliphatic rings. The second-order valence-electron chi connectivity index (χ2n) is 7.24. The number of amides is 2. The fraction of sp³-hybridized carbons (Fsp3) is 0.125. The summed E-state index contributed by atoms with van der Waals surface area (Å²) in [6.45, 7) is 0. The third-order valence-corrected chi connectivity index (χ3v) is 5.52. The molecule has 146 valence electrons. The number of carbonyl (C=O) groups excluding carboxylic acids is 2. The highest BCUT2D eigenvalue weighted by atomic mass is 16.7. The van der Waals surface area contributed by atoms with E-state index in [9.17, 15) is 9.59 Å². The molecule has 2 saturated heterocycles. The number of hydroxylamine groups is 1. The summed E-state index contributed by atoms with van der Waals surface area (Å²) in [5, 5.41) is 10.8. The lowest BCUT2D eigenvalue weighted by Crippen LogP contribution is -2.37. The Bertz CT molecular complexity index is 1140. The van der Waals surface area contributed by atoms with Gasteiger partial charge in [0.1, 0.15) is 5.92 Å². The highest BCUT2D eigenvalue weighted by Gasteiger charge is 2.60. The molecule has 5 rings (SSSR count). The van der Waals surface area contributed by atoms with Crippen molar-refractivity contribution in [1.82, 2.24) is 0 Å². The number of benzene rings is 3. The van der Waals surface area contributed by atoms with Gasteiger partial charge in [-0.2, -0.15) is 5.26 Å². The van der Waals surface area contributed by atoms with Crippen LogP contribution in [0.4, 0.5) is 11.4 Å². The van der Waals surface area contributed by atoms with Gasteiger partial charge in [-0.1, -0.05) is 48.5 Å². The molecular formula is C24H17N3O3. The standard InChI is InChI=1S/C24H17N3O3/c25-15-16-11-13-17(14-12-16)21-20-22(30-27(21)19-9-5-2-6-10-19)24(29)26(23(20)28)18-7-3-1-4-8-18/h1-14,20-22H/t20-,21+,22+/m0/s1. The number of hydrogen-bond acceptors (Lipinski definition) is 5. The monoisotopic (exact) mass is 395 g/mol. The molecule has 3 aromatic rings. The van der Waals surface area contributed by atoms with Crippen LogP contribution in [0.1, 0.15) is 17.2 Å². The predicted octanol–water partition coefficient (Wildman–Crippen LogP) is 3.61. The molecule has 2 aliphatic heterocycles. The Kier molecular flexibility index (Phi) is 4.31. The first-order chi connectivity index (χ1) is 14.7. The molecule has 0 saturated carbocycles. The molecule has 2 heterocycles. The summed E-state index contributed by atoms with van der Waals surface area (Å²) >= 11 is 0. The van der Waals surface area contributed by atoms with Crippen molar-refractivity contribution in [2.75, 3.05) is 9.96 Å². The van der Waals surface area contributed by atoms with Crippen LogP contribution in [0.15, 0.2) is 84.9 Å². The van der Waals surface area contributed by atoms with Crippen molar-refractivity contribution in [3.05, 3.63) is 96.1 Å². The molecule has 0 aliphatic carbocycles. The molecule has 0 bridgehead atoms. The molecule has 2 amide bonds. The van der Waals surface area contributed by atoms with Crippen LogP contribution in [0.3, 0.4) is 0 Å². The van der Waals surface area contributed by atoms with Crippen LogP contribution in [0.25, 0.3) is 0 Å². The van der Waals surface area contributed by atoms with Crippen molar-refractivity contribution in [2.24, 2.45) is 5.92 Å². The Balaban J connectivity index is 1.59. The predicted molar refractivity (Wildman–Crippen MR) is 110 cm³/mol. The van der Waals surface area contributed by atoms with Gasteiger partial charge in [-0.05, 0) is 42.0 Å². The lowest BCUT2D eigenvalue weighted by atomic mass is 9.90. The molecule has 6 heteroatoms. The number of anilines is 2. The summed E-state index contributed by atoms with van der Waals surface area (Å²) < 4.78 is 0. The van der Waals surface area contributed by atoms with E-state index in [0.29, 0.717) is 11.3 Å². The smallest absolute Gasteiger partial charge is 0.266 e. The van der Waals surface area contributed by atoms with Crippen molar-refractivity contribution in [2.45, 2.75) is 12.1 Å². The van der Waals surface area contributed by atoms with Gasteiger partial charge in [-0.3, -0.25) is 14.4 Å². The van der Waals surface area contributed by atoms with Crippen LogP contribution in [0, 0.1) is 17.2 Å². The van der Waals surface area contributed by atoms with E-state index < -0.39 is 18.1 Å². The van der Waals surface area contributed by atoms with E-state index in [1.807, 2.05) is 48.5 Å². The first-order valence-corrected chi connectivity index (χ1v) is 9.63. The average molecular weight is 395 g/mol. The quantitative estimate of drug-likeness (QED) is 0.634. The Labute approximate surface area is 173 Å². The van der Waals surface area contributed by atoms with Crippen LogP contribution in [0.2, 0.25) is 0 Å². The minimum absolute atomic E-state index is 0.288. The number of nitriles is 1. The maximum Gasteiger partial charge on any atom is 0.266 e. The van der Waals surface area contributed by atoms with Crippen LogP contribution < -0.4 is 9.96 Å². The molecule has 2 fully saturated rings. The Morgan fingerprint density at radius 3 is 1.97 bits per heavy atom. The van der Waals surface area contributed by atoms with Crippen LogP contribution in [0.5, 0.6) is 0 Å². The van der Waals surface area contributed by atoms with Gasteiger partial charge in [-0.25, -0.2) is 9.96 Å². The summed E-state index contributed by atoms with van der Waals surface area (Å²) in [5.74, 6) is -1.34. The molecule has 6 nitrogen and oxygen atoms in total. The maximum atomic E-state index is 13.4. The van der Waals surface area contributed by atoms with Crippen LogP contribution >= 0.6 is 0 Å². The number of hydrogen-bond donors (Lipinski definition) is 0. The topological polar surface area (TPSA) is 73.6 Å². The number of rotatable bonds is 3. The first-order valence-electron chi connectivity index (χ1n) is 9.63. The molecule has 3 atom stereocenters. The highest BCUT2D eigenvalue weighted by molar-refractivity contribution is 6.23. The van der Waals surface area contributed by atoms with E-state index in [2.05, 4.69) is 6.07 Å². The highest BCUT2D eigenvalue weighted by Crippen LogP contribution is 2.47. The fourth-order valence-electron chi connectivity index (χ4n) is 4.14. The van der Waals surface area contributed by atoms with E-state index in [1.165, 1.54) is 4.90 Å². The fourth-order valence-corrected chi connectivity index (χ4v) is 4.14. The van der Waals surface area contributed by atoms with Crippen molar-refractivity contribution >= 4 is 23.2 Å². The van der Waals surface area contributed by atoms with Gasteiger partial charge >= 0.3 is 0 Å². The van der Waals surface area contributed by atoms with Gasteiger partial charge in [-0.15, -0.1) is 0 Å². The largest absolute Gasteiger partial charge is 0.273 e. The van der Waals surface area contributed by atoms with Crippen LogP contribution in [-0.2, 0) is 14.4 Å². The lowest BCUT2D eigenvalue weighted by molar-refractivity contribution is -0.126. The van der Waals surface area contributed by atoms with Crippen molar-refractivity contribution in [3.8, 4) is 6.07 Å². The first kappa shape index (κ1) is 18.1. The van der Waals surface area contributed by atoms with Gasteiger partial charge < -0.3 is 0 Å². The molecule has 0 unspecified atom stereocenters. The number of nitrogens with zero attached hydrogens (tertiary/aromatic N) is 3. The van der Waals surface area contributed by atoms with E-state index in [4.69, 9.17) is 10.1 Å². The van der Waals surface area contributed by atoms with Gasteiger partial charge in [0.25, 0.3) is 5.91 Å². The zero-order chi connectivity index (χ0) is 20.7. The minimum Gasteiger partial charge on any atom is -0.273 e. The summed E-state index contributed by atoms with van der Waals surface area (Å²) in [6, 6.07) is 27.0. The Morgan fingerprint density at radius 2 is 1.37 bits per heavy atom. The molecule has 0 radical (unpaired) electrons. The number of imide groups is 1. The van der Waals surface area contributed by atoms with Gasteiger partial charge in [0.2, 0.25) is 5.91 Å². The molecule has 0 N–H and O–H groups in total. The van der Waals surface area contributed by atoms with Crippen molar-refractivity contribution in [1.29, 1.82) is 5.26 Å². The summed E-state index contributed by atoms with van der Waals surface area (Å²) in [7, 11) is 0. The SMILES string of the molecule is N#Cc1ccc([C@@H]2[C@@H]3C(=O)N(c4ccccc4)C(=O)[C@@H]3ON2c2ccccc2)cc1. The summed E-state index contributed by atoms with van der Waals surface area (Å²) in [6.07, 6.45) is -0.904. The average Bonchev–Trinajstić information content (AvgIpc) is 3.31. The molecular weight excluding hydrogens is 378 g/mol. The van der Waals surface area contributed by atoms with Crippen molar-refractivity contribution in [3.63, 3.8) is 0 Å². The third-order valence-electron chi connectivity index (χ3n) is 5.52. The maximum absolute atomic E-state index is 13.4. The number of para-hydroxylation sites is 2. The van der Waals surface area contributed by atoms with Gasteiger partial charge in [0, 0.05) is 0 Å². The van der Waals surface area contributed by atoms with E-state index in [0.717, 1.165) is 11.3 Å². The number of fused-ring (bicyclic) bond motifs is 1. The molecule has 0 spiro atoms. The second kappa shape index (κ2) is 7.14. The second-order valence-corrected chi connectivity index (χ2v) is 7.24. The lowest BCUT2D eigenvalue weighted by Gasteiger charge is -2.28. The third kappa shape index (κ3) is 2.76. The summed E-state index contributed by atoms with van der Waals surface area (Å²) in [5.41, 5.74) is 2.63. The molecule has 3 aromatic carbocycles. The van der Waals surface area contributed by atoms with Gasteiger partial charge in [0.05, 0.1) is 29.0 Å². The Morgan fingerprint density at radius 1 is 0.767 bits per heavy atom. The van der Waals surface area contributed by atoms with Gasteiger partial charge in [0.15, 0.2) is 6.10 Å². The zero-order valence-electron chi connectivity index (χ0n) is 15.9. The molecule has 30 heavy (non-hydrogen) atoms. The normalized spacial score (nSPS) is 22.8. The van der Waals surface area contributed by atoms with E-state index >= 15 is 0 Å². The zero-order valence-corrected chi connectivity index (χ0v) is 15.9. The van der Waals surface area contributed by atoms with E-state index in [-0.39, 0.29) is 11.8 Å². The summed E-state index contributed by atoms with van der Waals surface area (Å²) in [4.78, 5) is 33.9.